The number of rotatable bonds is 8. The lowest BCUT2D eigenvalue weighted by Crippen LogP contribution is -2.39. The van der Waals surface area contributed by atoms with E-state index < -0.39 is 18.5 Å². The Balaban J connectivity index is 2.35. The van der Waals surface area contributed by atoms with Crippen LogP contribution in [0.2, 0.25) is 0 Å². The number of benzene rings is 1. The molecule has 154 valence electrons. The molecule has 0 unspecified atom stereocenters. The third-order valence-electron chi connectivity index (χ3n) is 4.07. The normalized spacial score (nSPS) is 10.8. The fourth-order valence-electron chi connectivity index (χ4n) is 2.21. The predicted molar refractivity (Wildman–Crippen MR) is 105 cm³/mol. The predicted octanol–water partition coefficient (Wildman–Crippen LogP) is 0.852. The monoisotopic (exact) mass is 391 g/mol. The first-order chi connectivity index (χ1) is 13.0. The van der Waals surface area contributed by atoms with Gasteiger partial charge in [-0.1, -0.05) is 32.9 Å². The van der Waals surface area contributed by atoms with Crippen molar-refractivity contribution in [3.8, 4) is 0 Å². The Kier molecular flexibility index (Phi) is 8.63. The molecule has 0 saturated heterocycles. The largest absolute Gasteiger partial charge is 0.456 e. The number of hydrogen-bond donors (Lipinski definition) is 2. The lowest BCUT2D eigenvalue weighted by Gasteiger charge is -2.19. The van der Waals surface area contributed by atoms with E-state index in [1.807, 2.05) is 12.1 Å². The number of nitrogens with one attached hydrogen (secondary N) is 2. The van der Waals surface area contributed by atoms with E-state index in [4.69, 9.17) is 4.74 Å². The van der Waals surface area contributed by atoms with Crippen molar-refractivity contribution in [2.75, 3.05) is 33.8 Å². The number of carbonyl (C=O) groups excluding carboxylic acids is 4. The van der Waals surface area contributed by atoms with Gasteiger partial charge in [-0.2, -0.15) is 0 Å². The molecular formula is C20H29N3O5. The van der Waals surface area contributed by atoms with Crippen LogP contribution in [0.25, 0.3) is 0 Å². The van der Waals surface area contributed by atoms with Crippen molar-refractivity contribution in [1.82, 2.24) is 15.5 Å². The first-order valence-corrected chi connectivity index (χ1v) is 9.03. The SMILES string of the molecule is CNC(=O)CN(C)C(=O)COC(=O)CCNC(=O)c1ccc(C(C)(C)C)cc1. The second-order valence-electron chi connectivity index (χ2n) is 7.42. The van der Waals surface area contributed by atoms with Gasteiger partial charge in [-0.3, -0.25) is 19.2 Å². The molecule has 0 atom stereocenters. The lowest BCUT2D eigenvalue weighted by molar-refractivity contribution is -0.151. The molecule has 3 amide bonds. The molecule has 1 aromatic rings. The van der Waals surface area contributed by atoms with Gasteiger partial charge < -0.3 is 20.3 Å². The van der Waals surface area contributed by atoms with E-state index in [0.29, 0.717) is 5.56 Å². The van der Waals surface area contributed by atoms with Crippen molar-refractivity contribution in [1.29, 1.82) is 0 Å². The second kappa shape index (κ2) is 10.4. The summed E-state index contributed by atoms with van der Waals surface area (Å²) in [6.07, 6.45) is -0.0573. The molecule has 2 N–H and O–H groups in total. The standard InChI is InChI=1S/C20H29N3O5/c1-20(2,3)15-8-6-14(7-9-15)19(27)22-11-10-18(26)28-13-17(25)23(5)12-16(24)21-4/h6-9H,10-13H2,1-5H3,(H,21,24)(H,22,27). The second-order valence-corrected chi connectivity index (χ2v) is 7.42. The molecular weight excluding hydrogens is 362 g/mol. The Labute approximate surface area is 165 Å². The molecule has 0 aromatic heterocycles. The summed E-state index contributed by atoms with van der Waals surface area (Å²) in [5.74, 6) is -1.69. The molecule has 28 heavy (non-hydrogen) atoms. The maximum absolute atomic E-state index is 12.1. The molecule has 0 saturated carbocycles. The fraction of sp³-hybridized carbons (Fsp3) is 0.500. The summed E-state index contributed by atoms with van der Waals surface area (Å²) in [6.45, 7) is 5.81. The highest BCUT2D eigenvalue weighted by atomic mass is 16.5. The van der Waals surface area contributed by atoms with Gasteiger partial charge in [0.05, 0.1) is 13.0 Å². The van der Waals surface area contributed by atoms with Crippen molar-refractivity contribution in [2.45, 2.75) is 32.6 Å². The minimum Gasteiger partial charge on any atom is -0.456 e. The van der Waals surface area contributed by atoms with E-state index in [9.17, 15) is 19.2 Å². The summed E-state index contributed by atoms with van der Waals surface area (Å²) in [4.78, 5) is 47.9. The van der Waals surface area contributed by atoms with Gasteiger partial charge in [0, 0.05) is 26.2 Å². The van der Waals surface area contributed by atoms with Crippen LogP contribution in [0, 0.1) is 0 Å². The topological polar surface area (TPSA) is 105 Å². The number of ether oxygens (including phenoxy) is 1. The molecule has 0 heterocycles. The number of esters is 1. The average Bonchev–Trinajstić information content (AvgIpc) is 2.65. The first-order valence-electron chi connectivity index (χ1n) is 9.03. The van der Waals surface area contributed by atoms with Gasteiger partial charge in [-0.15, -0.1) is 0 Å². The molecule has 0 radical (unpaired) electrons. The van der Waals surface area contributed by atoms with E-state index >= 15 is 0 Å². The molecule has 0 fully saturated rings. The van der Waals surface area contributed by atoms with Gasteiger partial charge in [0.1, 0.15) is 0 Å². The van der Waals surface area contributed by atoms with Gasteiger partial charge in [0.25, 0.3) is 11.8 Å². The maximum atomic E-state index is 12.1. The minimum absolute atomic E-state index is 0.00457. The van der Waals surface area contributed by atoms with E-state index in [1.165, 1.54) is 14.1 Å². The van der Waals surface area contributed by atoms with Crippen molar-refractivity contribution in [3.05, 3.63) is 35.4 Å². The summed E-state index contributed by atoms with van der Waals surface area (Å²) in [5, 5.41) is 5.04. The summed E-state index contributed by atoms with van der Waals surface area (Å²) in [7, 11) is 2.91. The van der Waals surface area contributed by atoms with Crippen LogP contribution in [-0.4, -0.2) is 62.4 Å². The zero-order valence-corrected chi connectivity index (χ0v) is 17.1. The Morgan fingerprint density at radius 1 is 1.07 bits per heavy atom. The lowest BCUT2D eigenvalue weighted by atomic mass is 9.87. The van der Waals surface area contributed by atoms with Gasteiger partial charge in [-0.25, -0.2) is 0 Å². The van der Waals surface area contributed by atoms with E-state index in [-0.39, 0.29) is 36.7 Å². The molecule has 0 aliphatic carbocycles. The van der Waals surface area contributed by atoms with Crippen LogP contribution in [0.3, 0.4) is 0 Å². The number of carbonyl (C=O) groups is 4. The quantitative estimate of drug-likeness (QED) is 0.640. The molecule has 0 aliphatic rings. The van der Waals surface area contributed by atoms with Gasteiger partial charge >= 0.3 is 5.97 Å². The van der Waals surface area contributed by atoms with Crippen LogP contribution in [0.4, 0.5) is 0 Å². The molecule has 1 aromatic carbocycles. The first kappa shape index (κ1) is 23.1. The van der Waals surface area contributed by atoms with Crippen molar-refractivity contribution < 1.29 is 23.9 Å². The average molecular weight is 391 g/mol. The molecule has 0 aliphatic heterocycles. The summed E-state index contributed by atoms with van der Waals surface area (Å²) >= 11 is 0. The number of hydrogen-bond acceptors (Lipinski definition) is 5. The van der Waals surface area contributed by atoms with Crippen molar-refractivity contribution >= 4 is 23.7 Å². The van der Waals surface area contributed by atoms with Crippen LogP contribution in [0.1, 0.15) is 43.1 Å². The van der Waals surface area contributed by atoms with Crippen LogP contribution < -0.4 is 10.6 Å². The van der Waals surface area contributed by atoms with Gasteiger partial charge in [0.2, 0.25) is 5.91 Å². The Morgan fingerprint density at radius 2 is 1.68 bits per heavy atom. The zero-order valence-electron chi connectivity index (χ0n) is 17.1. The van der Waals surface area contributed by atoms with Crippen LogP contribution in [0.15, 0.2) is 24.3 Å². The number of likely N-dealkylation sites (N-methyl/N-ethyl adjacent to an activating group) is 2. The highest BCUT2D eigenvalue weighted by molar-refractivity contribution is 5.94. The third-order valence-corrected chi connectivity index (χ3v) is 4.07. The van der Waals surface area contributed by atoms with E-state index in [0.717, 1.165) is 10.5 Å². The Morgan fingerprint density at radius 3 is 2.21 bits per heavy atom. The summed E-state index contributed by atoms with van der Waals surface area (Å²) in [5.41, 5.74) is 1.64. The van der Waals surface area contributed by atoms with Gasteiger partial charge in [0.15, 0.2) is 6.61 Å². The zero-order chi connectivity index (χ0) is 21.3. The molecule has 8 nitrogen and oxygen atoms in total. The van der Waals surface area contributed by atoms with Crippen molar-refractivity contribution in [2.24, 2.45) is 0 Å². The minimum atomic E-state index is -0.606. The van der Waals surface area contributed by atoms with Crippen LogP contribution >= 0.6 is 0 Å². The molecule has 1 rings (SSSR count). The van der Waals surface area contributed by atoms with Crippen LogP contribution in [-0.2, 0) is 24.5 Å². The molecule has 0 bridgehead atoms. The maximum Gasteiger partial charge on any atom is 0.308 e. The highest BCUT2D eigenvalue weighted by Gasteiger charge is 2.16. The molecule has 0 spiro atoms. The Bertz CT molecular complexity index is 708. The Hall–Kier alpha value is -2.90. The number of nitrogens with zero attached hydrogens (tertiary/aromatic N) is 1. The third kappa shape index (κ3) is 7.77. The van der Waals surface area contributed by atoms with Crippen molar-refractivity contribution in [3.63, 3.8) is 0 Å². The van der Waals surface area contributed by atoms with E-state index in [2.05, 4.69) is 31.4 Å². The number of amides is 3. The summed E-state index contributed by atoms with van der Waals surface area (Å²) < 4.78 is 4.87. The highest BCUT2D eigenvalue weighted by Crippen LogP contribution is 2.22. The smallest absolute Gasteiger partial charge is 0.308 e. The van der Waals surface area contributed by atoms with E-state index in [1.54, 1.807) is 12.1 Å². The van der Waals surface area contributed by atoms with Crippen LogP contribution in [0.5, 0.6) is 0 Å². The molecule has 8 heteroatoms. The van der Waals surface area contributed by atoms with Gasteiger partial charge in [-0.05, 0) is 23.1 Å². The summed E-state index contributed by atoms with van der Waals surface area (Å²) in [6, 6.07) is 7.30. The fourth-order valence-corrected chi connectivity index (χ4v) is 2.21.